The Labute approximate surface area is 111 Å². The minimum atomic E-state index is -0.935. The van der Waals surface area contributed by atoms with Gasteiger partial charge < -0.3 is 5.11 Å². The maximum Gasteiger partial charge on any atom is 0.336 e. The Morgan fingerprint density at radius 3 is 2.16 bits per heavy atom. The van der Waals surface area contributed by atoms with Crippen molar-refractivity contribution in [1.29, 1.82) is 0 Å². The van der Waals surface area contributed by atoms with Crippen LogP contribution in [0.15, 0.2) is 66.7 Å². The lowest BCUT2D eigenvalue weighted by Gasteiger charge is -1.91. The van der Waals surface area contributed by atoms with E-state index in [1.165, 1.54) is 16.8 Å². The third-order valence-electron chi connectivity index (χ3n) is 2.51. The molecule has 2 nitrogen and oxygen atoms in total. The summed E-state index contributed by atoms with van der Waals surface area (Å²) in [5, 5.41) is 10.8. The highest BCUT2D eigenvalue weighted by molar-refractivity contribution is 5.87. The lowest BCUT2D eigenvalue weighted by Crippen LogP contribution is -1.94. The molecule has 0 saturated carbocycles. The minimum Gasteiger partial charge on any atom is -0.478 e. The van der Waals surface area contributed by atoms with E-state index in [9.17, 15) is 4.79 Å². The molecule has 0 saturated heterocycles. The molecule has 3 aromatic carbocycles. The van der Waals surface area contributed by atoms with Gasteiger partial charge in [-0.15, -0.1) is 0 Å². The molecule has 0 spiro atoms. The van der Waals surface area contributed by atoms with Crippen molar-refractivity contribution in [1.82, 2.24) is 0 Å². The number of benzene rings is 3. The predicted molar refractivity (Wildman–Crippen MR) is 75.0 cm³/mol. The molecule has 2 heteroatoms. The van der Waals surface area contributed by atoms with Gasteiger partial charge in [0.1, 0.15) is 0 Å². The van der Waals surface area contributed by atoms with Crippen LogP contribution in [-0.2, 0) is 0 Å². The van der Waals surface area contributed by atoms with Crippen LogP contribution in [0.1, 0.15) is 10.4 Å². The van der Waals surface area contributed by atoms with Crippen LogP contribution in [0.2, 0.25) is 0 Å². The van der Waals surface area contributed by atoms with Gasteiger partial charge in [-0.25, -0.2) is 4.79 Å². The SMILES string of the molecule is O=C(O)c1[c]cccc1.[c]1cccc2ccccc12. The van der Waals surface area contributed by atoms with Gasteiger partial charge in [-0.05, 0) is 29.0 Å². The van der Waals surface area contributed by atoms with Gasteiger partial charge in [0.05, 0.1) is 5.56 Å². The third-order valence-corrected chi connectivity index (χ3v) is 2.51. The first kappa shape index (κ1) is 12.8. The van der Waals surface area contributed by atoms with Gasteiger partial charge in [0.25, 0.3) is 0 Å². The van der Waals surface area contributed by atoms with Crippen LogP contribution in [-0.4, -0.2) is 11.1 Å². The molecular weight excluding hydrogens is 236 g/mol. The number of hydrogen-bond acceptors (Lipinski definition) is 1. The molecule has 0 aliphatic heterocycles. The number of carboxylic acid groups (broad SMARTS) is 1. The summed E-state index contributed by atoms with van der Waals surface area (Å²) in [6, 6.07) is 26.4. The molecule has 0 aromatic heterocycles. The highest BCUT2D eigenvalue weighted by atomic mass is 16.4. The van der Waals surface area contributed by atoms with Gasteiger partial charge in [0.15, 0.2) is 0 Å². The summed E-state index contributed by atoms with van der Waals surface area (Å²) in [7, 11) is 0. The second kappa shape index (κ2) is 6.36. The van der Waals surface area contributed by atoms with Crippen molar-refractivity contribution >= 4 is 16.7 Å². The highest BCUT2D eigenvalue weighted by Gasteiger charge is 1.97. The number of hydrogen-bond donors (Lipinski definition) is 1. The van der Waals surface area contributed by atoms with Crippen LogP contribution in [0.5, 0.6) is 0 Å². The molecule has 0 aliphatic rings. The van der Waals surface area contributed by atoms with Crippen LogP contribution in [0.25, 0.3) is 10.8 Å². The molecule has 0 bridgehead atoms. The molecule has 0 unspecified atom stereocenters. The summed E-state index contributed by atoms with van der Waals surface area (Å²) in [6.45, 7) is 0. The maximum atomic E-state index is 10.2. The topological polar surface area (TPSA) is 37.3 Å². The Bertz CT molecular complexity index is 595. The van der Waals surface area contributed by atoms with Crippen molar-refractivity contribution in [3.05, 3.63) is 84.4 Å². The summed E-state index contributed by atoms with van der Waals surface area (Å²) in [6.07, 6.45) is 0. The zero-order valence-corrected chi connectivity index (χ0v) is 10.2. The molecule has 0 fully saturated rings. The van der Waals surface area contributed by atoms with E-state index in [0.29, 0.717) is 0 Å². The molecule has 0 atom stereocenters. The van der Waals surface area contributed by atoms with E-state index in [2.05, 4.69) is 30.3 Å². The van der Waals surface area contributed by atoms with E-state index >= 15 is 0 Å². The average Bonchev–Trinajstić information content (AvgIpc) is 2.49. The zero-order chi connectivity index (χ0) is 13.5. The molecule has 2 radical (unpaired) electrons. The lowest BCUT2D eigenvalue weighted by molar-refractivity contribution is 0.0696. The fraction of sp³-hybridized carbons (Fsp3) is 0. The summed E-state index contributed by atoms with van der Waals surface area (Å²) in [5.74, 6) is -0.935. The van der Waals surface area contributed by atoms with Gasteiger partial charge >= 0.3 is 5.97 Å². The van der Waals surface area contributed by atoms with Crippen LogP contribution in [0, 0.1) is 12.1 Å². The van der Waals surface area contributed by atoms with E-state index in [4.69, 9.17) is 5.11 Å². The first-order valence-electron chi connectivity index (χ1n) is 5.83. The fourth-order valence-corrected chi connectivity index (χ4v) is 1.59. The second-order valence-corrected chi connectivity index (χ2v) is 3.84. The molecule has 0 aliphatic carbocycles. The number of carboxylic acids is 1. The molecule has 1 N–H and O–H groups in total. The van der Waals surface area contributed by atoms with Crippen LogP contribution in [0.4, 0.5) is 0 Å². The molecule has 3 rings (SSSR count). The van der Waals surface area contributed by atoms with Crippen molar-refractivity contribution in [3.8, 4) is 0 Å². The van der Waals surface area contributed by atoms with Gasteiger partial charge in [-0.2, -0.15) is 0 Å². The highest BCUT2D eigenvalue weighted by Crippen LogP contribution is 2.10. The summed E-state index contributed by atoms with van der Waals surface area (Å²) < 4.78 is 0. The van der Waals surface area contributed by atoms with Crippen LogP contribution >= 0.6 is 0 Å². The van der Waals surface area contributed by atoms with Gasteiger partial charge in [0, 0.05) is 0 Å². The van der Waals surface area contributed by atoms with Crippen molar-refractivity contribution in [3.63, 3.8) is 0 Å². The Balaban J connectivity index is 0.000000141. The quantitative estimate of drug-likeness (QED) is 0.710. The van der Waals surface area contributed by atoms with Crippen molar-refractivity contribution < 1.29 is 9.90 Å². The standard InChI is InChI=1S/C10H7.C7H5O2/c1-2-6-10-8-4-3-7-9(10)5-1;8-7(9)6-4-2-1-3-5-6/h1-7H;1-4H,(H,8,9). The van der Waals surface area contributed by atoms with E-state index in [1.54, 1.807) is 18.2 Å². The molecule has 19 heavy (non-hydrogen) atoms. The Morgan fingerprint density at radius 1 is 0.842 bits per heavy atom. The normalized spacial score (nSPS) is 9.47. The fourth-order valence-electron chi connectivity index (χ4n) is 1.59. The van der Waals surface area contributed by atoms with Crippen molar-refractivity contribution in [2.45, 2.75) is 0 Å². The number of carbonyl (C=O) groups is 1. The largest absolute Gasteiger partial charge is 0.478 e. The van der Waals surface area contributed by atoms with Gasteiger partial charge in [-0.1, -0.05) is 60.7 Å². The number of rotatable bonds is 1. The first-order valence-corrected chi connectivity index (χ1v) is 5.83. The zero-order valence-electron chi connectivity index (χ0n) is 10.2. The number of fused-ring (bicyclic) bond motifs is 1. The van der Waals surface area contributed by atoms with Crippen molar-refractivity contribution in [2.24, 2.45) is 0 Å². The summed E-state index contributed by atoms with van der Waals surface area (Å²) in [4.78, 5) is 10.2. The smallest absolute Gasteiger partial charge is 0.336 e. The van der Waals surface area contributed by atoms with Crippen LogP contribution < -0.4 is 0 Å². The van der Waals surface area contributed by atoms with Gasteiger partial charge in [0.2, 0.25) is 0 Å². The Kier molecular flexibility index (Phi) is 4.29. The summed E-state index contributed by atoms with van der Waals surface area (Å²) in [5.41, 5.74) is 0.206. The number of aromatic carboxylic acids is 1. The summed E-state index contributed by atoms with van der Waals surface area (Å²) >= 11 is 0. The molecule has 0 amide bonds. The molecule has 92 valence electrons. The third kappa shape index (κ3) is 3.68. The van der Waals surface area contributed by atoms with Gasteiger partial charge in [-0.3, -0.25) is 0 Å². The molecule has 3 aromatic rings. The second-order valence-electron chi connectivity index (χ2n) is 3.84. The molecule has 0 heterocycles. The van der Waals surface area contributed by atoms with E-state index in [1.807, 2.05) is 24.3 Å². The van der Waals surface area contributed by atoms with Crippen molar-refractivity contribution in [2.75, 3.05) is 0 Å². The lowest BCUT2D eigenvalue weighted by atomic mass is 10.1. The van der Waals surface area contributed by atoms with Crippen LogP contribution in [0.3, 0.4) is 0 Å². The Morgan fingerprint density at radius 2 is 1.53 bits per heavy atom. The monoisotopic (exact) mass is 248 g/mol. The maximum absolute atomic E-state index is 10.2. The first-order chi connectivity index (χ1) is 9.27. The predicted octanol–water partition coefficient (Wildman–Crippen LogP) is 3.82. The molecular formula is C17H12O2. The van der Waals surface area contributed by atoms with E-state index in [-0.39, 0.29) is 5.56 Å². The Hall–Kier alpha value is -2.61. The average molecular weight is 248 g/mol. The minimum absolute atomic E-state index is 0.206. The van der Waals surface area contributed by atoms with E-state index < -0.39 is 5.97 Å². The van der Waals surface area contributed by atoms with E-state index in [0.717, 1.165) is 0 Å².